The zero-order chi connectivity index (χ0) is 16.5. The summed E-state index contributed by atoms with van der Waals surface area (Å²) in [5.41, 5.74) is 1.43. The molecule has 0 unspecified atom stereocenters. The molecule has 1 saturated carbocycles. The van der Waals surface area contributed by atoms with Crippen LogP contribution >= 0.6 is 0 Å². The monoisotopic (exact) mass is 310 g/mol. The van der Waals surface area contributed by atoms with Crippen molar-refractivity contribution in [1.29, 1.82) is 0 Å². The number of nitrogens with one attached hydrogen (secondary N) is 1. The van der Waals surface area contributed by atoms with Gasteiger partial charge in [-0.2, -0.15) is 0 Å². The number of carbonyl (C=O) groups excluding carboxylic acids is 1. The minimum Gasteiger partial charge on any atom is -0.324 e. The van der Waals surface area contributed by atoms with Crippen molar-refractivity contribution in [1.82, 2.24) is 4.98 Å². The van der Waals surface area contributed by atoms with E-state index in [4.69, 9.17) is 0 Å². The lowest BCUT2D eigenvalue weighted by Gasteiger charge is -2.46. The fourth-order valence-corrected chi connectivity index (χ4v) is 3.86. The number of hydrogen-bond donors (Lipinski definition) is 1. The zero-order valence-electron chi connectivity index (χ0n) is 14.4. The number of nitrogens with zero attached hydrogens (tertiary/aromatic N) is 1. The van der Waals surface area contributed by atoms with Gasteiger partial charge in [0.25, 0.3) is 0 Å². The van der Waals surface area contributed by atoms with Crippen LogP contribution in [-0.4, -0.2) is 10.9 Å². The number of pyridine rings is 1. The van der Waals surface area contributed by atoms with Crippen LogP contribution in [0.1, 0.15) is 52.9 Å². The summed E-state index contributed by atoms with van der Waals surface area (Å²) in [6.45, 7) is 6.57. The maximum Gasteiger partial charge on any atom is 0.231 e. The molecule has 0 atom stereocenters. The van der Waals surface area contributed by atoms with Gasteiger partial charge in [-0.3, -0.25) is 9.78 Å². The Morgan fingerprint density at radius 1 is 1.13 bits per heavy atom. The van der Waals surface area contributed by atoms with E-state index in [0.29, 0.717) is 0 Å². The number of anilines is 1. The van der Waals surface area contributed by atoms with Gasteiger partial charge in [0, 0.05) is 5.39 Å². The lowest BCUT2D eigenvalue weighted by atomic mass is 9.59. The molecule has 2 aromatic rings. The van der Waals surface area contributed by atoms with E-state index >= 15 is 0 Å². The number of rotatable bonds is 2. The van der Waals surface area contributed by atoms with Crippen LogP contribution in [0.3, 0.4) is 0 Å². The Morgan fingerprint density at radius 3 is 2.52 bits per heavy atom. The van der Waals surface area contributed by atoms with Crippen molar-refractivity contribution >= 4 is 22.5 Å². The van der Waals surface area contributed by atoms with E-state index in [-0.39, 0.29) is 16.7 Å². The molecule has 1 aromatic carbocycles. The summed E-state index contributed by atoms with van der Waals surface area (Å²) in [5, 5.41) is 4.20. The molecule has 1 amide bonds. The second-order valence-electron chi connectivity index (χ2n) is 7.76. The van der Waals surface area contributed by atoms with Gasteiger partial charge >= 0.3 is 0 Å². The predicted molar refractivity (Wildman–Crippen MR) is 95.3 cm³/mol. The molecule has 0 radical (unpaired) electrons. The van der Waals surface area contributed by atoms with E-state index in [9.17, 15) is 4.79 Å². The largest absolute Gasteiger partial charge is 0.324 e. The van der Waals surface area contributed by atoms with Gasteiger partial charge in [0.2, 0.25) is 5.91 Å². The summed E-state index contributed by atoms with van der Waals surface area (Å²) in [6.07, 6.45) is 7.23. The van der Waals surface area contributed by atoms with Gasteiger partial charge in [0.1, 0.15) is 0 Å². The Morgan fingerprint density at radius 2 is 1.83 bits per heavy atom. The first-order valence-electron chi connectivity index (χ1n) is 8.59. The van der Waals surface area contributed by atoms with Crippen molar-refractivity contribution in [3.63, 3.8) is 0 Å². The van der Waals surface area contributed by atoms with Crippen LogP contribution in [0.4, 0.5) is 5.69 Å². The Labute approximate surface area is 138 Å². The third kappa shape index (κ3) is 2.97. The Kier molecular flexibility index (Phi) is 4.13. The Balaban J connectivity index is 1.88. The summed E-state index contributed by atoms with van der Waals surface area (Å²) in [4.78, 5) is 17.6. The number of benzene rings is 1. The highest BCUT2D eigenvalue weighted by Gasteiger charge is 2.48. The summed E-state index contributed by atoms with van der Waals surface area (Å²) >= 11 is 0. The molecule has 1 N–H and O–H groups in total. The van der Waals surface area contributed by atoms with Crippen molar-refractivity contribution < 1.29 is 4.79 Å². The van der Waals surface area contributed by atoms with Crippen molar-refractivity contribution in [3.05, 3.63) is 36.5 Å². The molecular formula is C20H26N2O. The van der Waals surface area contributed by atoms with E-state index in [2.05, 4.69) is 31.1 Å². The van der Waals surface area contributed by atoms with Gasteiger partial charge in [-0.05, 0) is 30.4 Å². The van der Waals surface area contributed by atoms with Crippen LogP contribution in [0, 0.1) is 10.8 Å². The Hall–Kier alpha value is -1.90. The summed E-state index contributed by atoms with van der Waals surface area (Å²) < 4.78 is 0. The maximum atomic E-state index is 13.1. The Bertz CT molecular complexity index is 709. The van der Waals surface area contributed by atoms with Gasteiger partial charge in [-0.1, -0.05) is 58.2 Å². The SMILES string of the molecule is CC(C)(C)C1(C(=O)Nc2cnc3ccccc3c2)CCCCC1. The summed E-state index contributed by atoms with van der Waals surface area (Å²) in [5.74, 6) is 0.154. The first-order valence-corrected chi connectivity index (χ1v) is 8.59. The number of fused-ring (bicyclic) bond motifs is 1. The third-order valence-electron chi connectivity index (χ3n) is 5.43. The van der Waals surface area contributed by atoms with Crippen LogP contribution in [-0.2, 0) is 4.79 Å². The molecule has 0 saturated heterocycles. The number of aromatic nitrogens is 1. The van der Waals surface area contributed by atoms with Crippen molar-refractivity contribution in [2.24, 2.45) is 10.8 Å². The number of hydrogen-bond acceptors (Lipinski definition) is 2. The van der Waals surface area contributed by atoms with Crippen molar-refractivity contribution in [3.8, 4) is 0 Å². The third-order valence-corrected chi connectivity index (χ3v) is 5.43. The molecule has 1 aliphatic carbocycles. The normalized spacial score (nSPS) is 17.9. The number of para-hydroxylation sites is 1. The topological polar surface area (TPSA) is 42.0 Å². The molecular weight excluding hydrogens is 284 g/mol. The fraction of sp³-hybridized carbons (Fsp3) is 0.500. The quantitative estimate of drug-likeness (QED) is 0.831. The molecule has 1 aliphatic rings. The van der Waals surface area contributed by atoms with Gasteiger partial charge in [-0.25, -0.2) is 0 Å². The fourth-order valence-electron chi connectivity index (χ4n) is 3.86. The van der Waals surface area contributed by atoms with Crippen molar-refractivity contribution in [2.45, 2.75) is 52.9 Å². The molecule has 3 heteroatoms. The molecule has 122 valence electrons. The lowest BCUT2D eigenvalue weighted by molar-refractivity contribution is -0.135. The number of amides is 1. The molecule has 23 heavy (non-hydrogen) atoms. The van der Waals surface area contributed by atoms with Crippen LogP contribution in [0.25, 0.3) is 10.9 Å². The smallest absolute Gasteiger partial charge is 0.231 e. The predicted octanol–water partition coefficient (Wildman–Crippen LogP) is 5.17. The highest BCUT2D eigenvalue weighted by molar-refractivity contribution is 5.97. The van der Waals surface area contributed by atoms with Gasteiger partial charge in [-0.15, -0.1) is 0 Å². The number of carbonyl (C=O) groups is 1. The van der Waals surface area contributed by atoms with E-state index in [1.807, 2.05) is 30.3 Å². The lowest BCUT2D eigenvalue weighted by Crippen LogP contribution is -2.47. The highest BCUT2D eigenvalue weighted by Crippen LogP contribution is 2.50. The molecule has 0 spiro atoms. The standard InChI is InChI=1S/C20H26N2O/c1-19(2,3)20(11-7-4-8-12-20)18(23)22-16-13-15-9-5-6-10-17(15)21-14-16/h5-6,9-10,13-14H,4,7-8,11-12H2,1-3H3,(H,22,23). The first kappa shape index (κ1) is 16.0. The molecule has 0 bridgehead atoms. The van der Waals surface area contributed by atoms with Crippen LogP contribution in [0.2, 0.25) is 0 Å². The van der Waals surface area contributed by atoms with E-state index in [0.717, 1.165) is 42.3 Å². The second kappa shape index (κ2) is 5.95. The van der Waals surface area contributed by atoms with Crippen LogP contribution in [0.15, 0.2) is 36.5 Å². The zero-order valence-corrected chi connectivity index (χ0v) is 14.4. The van der Waals surface area contributed by atoms with Crippen LogP contribution < -0.4 is 5.32 Å². The molecule has 3 rings (SSSR count). The highest BCUT2D eigenvalue weighted by atomic mass is 16.2. The van der Waals surface area contributed by atoms with Gasteiger partial charge < -0.3 is 5.32 Å². The van der Waals surface area contributed by atoms with E-state index in [1.54, 1.807) is 6.20 Å². The summed E-state index contributed by atoms with van der Waals surface area (Å²) in [6, 6.07) is 9.99. The minimum absolute atomic E-state index is 0.0399. The van der Waals surface area contributed by atoms with E-state index in [1.165, 1.54) is 6.42 Å². The first-order chi connectivity index (χ1) is 10.9. The minimum atomic E-state index is -0.281. The average Bonchev–Trinajstić information content (AvgIpc) is 2.54. The second-order valence-corrected chi connectivity index (χ2v) is 7.76. The molecule has 1 fully saturated rings. The van der Waals surface area contributed by atoms with Gasteiger partial charge in [0.05, 0.1) is 22.8 Å². The average molecular weight is 310 g/mol. The van der Waals surface area contributed by atoms with E-state index < -0.39 is 0 Å². The summed E-state index contributed by atoms with van der Waals surface area (Å²) in [7, 11) is 0. The van der Waals surface area contributed by atoms with Crippen LogP contribution in [0.5, 0.6) is 0 Å². The molecule has 3 nitrogen and oxygen atoms in total. The van der Waals surface area contributed by atoms with Crippen molar-refractivity contribution in [2.75, 3.05) is 5.32 Å². The molecule has 1 aromatic heterocycles. The maximum absolute atomic E-state index is 13.1. The molecule has 1 heterocycles. The van der Waals surface area contributed by atoms with Gasteiger partial charge in [0.15, 0.2) is 0 Å². The molecule has 0 aliphatic heterocycles.